The highest BCUT2D eigenvalue weighted by molar-refractivity contribution is 5.39. The maximum atomic E-state index is 6.12. The van der Waals surface area contributed by atoms with Crippen molar-refractivity contribution < 1.29 is 0 Å². The Kier molecular flexibility index (Phi) is 4.59. The quantitative estimate of drug-likeness (QED) is 0.751. The van der Waals surface area contributed by atoms with Crippen LogP contribution in [0.2, 0.25) is 0 Å². The Labute approximate surface area is 98.4 Å². The second kappa shape index (κ2) is 5.73. The molecule has 0 aliphatic carbocycles. The Balaban J connectivity index is 3.02. The van der Waals surface area contributed by atoms with Gasteiger partial charge in [-0.3, -0.25) is 0 Å². The van der Waals surface area contributed by atoms with Crippen LogP contribution in [0.15, 0.2) is 12.7 Å². The molecule has 3 heteroatoms. The minimum atomic E-state index is 0.587. The third-order valence-electron chi connectivity index (χ3n) is 2.55. The minimum Gasteiger partial charge on any atom is -0.384 e. The third kappa shape index (κ3) is 2.87. The molecule has 1 heterocycles. The second-order valence-corrected chi connectivity index (χ2v) is 4.61. The van der Waals surface area contributed by atoms with Crippen LogP contribution in [0.5, 0.6) is 0 Å². The van der Waals surface area contributed by atoms with Crippen molar-refractivity contribution in [2.24, 2.45) is 5.92 Å². The first-order valence-electron chi connectivity index (χ1n) is 6.04. The monoisotopic (exact) mass is 221 g/mol. The lowest BCUT2D eigenvalue weighted by Gasteiger charge is -2.06. The molecule has 0 bridgehead atoms. The summed E-state index contributed by atoms with van der Waals surface area (Å²) in [7, 11) is 0. The average molecular weight is 221 g/mol. The largest absolute Gasteiger partial charge is 0.384 e. The van der Waals surface area contributed by atoms with Crippen molar-refractivity contribution in [1.82, 2.24) is 9.55 Å². The molecule has 1 aromatic rings. The van der Waals surface area contributed by atoms with Gasteiger partial charge in [0, 0.05) is 13.0 Å². The van der Waals surface area contributed by atoms with E-state index in [9.17, 15) is 0 Å². The van der Waals surface area contributed by atoms with E-state index in [0.29, 0.717) is 5.92 Å². The molecule has 90 valence electrons. The molecule has 0 amide bonds. The zero-order valence-electron chi connectivity index (χ0n) is 10.7. The summed E-state index contributed by atoms with van der Waals surface area (Å²) in [6.07, 6.45) is 4.90. The molecular weight excluding hydrogens is 198 g/mol. The third-order valence-corrected chi connectivity index (χ3v) is 2.55. The summed E-state index contributed by atoms with van der Waals surface area (Å²) in [5.74, 6) is 2.50. The van der Waals surface area contributed by atoms with Gasteiger partial charge in [0.1, 0.15) is 11.6 Å². The minimum absolute atomic E-state index is 0.587. The van der Waals surface area contributed by atoms with Crippen LogP contribution in [-0.2, 0) is 19.4 Å². The summed E-state index contributed by atoms with van der Waals surface area (Å²) in [5.41, 5.74) is 7.16. The number of nitrogens with two attached hydrogens (primary N) is 1. The molecule has 0 saturated carbocycles. The Bertz CT molecular complexity index is 350. The first kappa shape index (κ1) is 12.8. The first-order chi connectivity index (χ1) is 7.60. The molecule has 0 aromatic carbocycles. The fourth-order valence-corrected chi connectivity index (χ4v) is 1.85. The van der Waals surface area contributed by atoms with Crippen LogP contribution >= 0.6 is 0 Å². The van der Waals surface area contributed by atoms with Gasteiger partial charge in [-0.2, -0.15) is 0 Å². The van der Waals surface area contributed by atoms with Crippen LogP contribution in [0, 0.1) is 5.92 Å². The first-order valence-corrected chi connectivity index (χ1v) is 6.04. The summed E-state index contributed by atoms with van der Waals surface area (Å²) in [4.78, 5) is 4.65. The van der Waals surface area contributed by atoms with E-state index in [4.69, 9.17) is 5.73 Å². The molecule has 0 radical (unpaired) electrons. The van der Waals surface area contributed by atoms with Crippen LogP contribution in [0.1, 0.15) is 38.7 Å². The molecule has 1 rings (SSSR count). The van der Waals surface area contributed by atoms with Gasteiger partial charge < -0.3 is 10.3 Å². The van der Waals surface area contributed by atoms with E-state index in [1.165, 1.54) is 0 Å². The fourth-order valence-electron chi connectivity index (χ4n) is 1.85. The predicted molar refractivity (Wildman–Crippen MR) is 69.4 cm³/mol. The number of nitrogens with zero attached hydrogens (tertiary/aromatic N) is 2. The van der Waals surface area contributed by atoms with Crippen LogP contribution in [0.25, 0.3) is 0 Å². The van der Waals surface area contributed by atoms with E-state index in [1.54, 1.807) is 0 Å². The number of aromatic nitrogens is 2. The smallest absolute Gasteiger partial charge is 0.127 e. The summed E-state index contributed by atoms with van der Waals surface area (Å²) < 4.78 is 2.08. The number of anilines is 1. The topological polar surface area (TPSA) is 43.8 Å². The Hall–Kier alpha value is -1.25. The van der Waals surface area contributed by atoms with Crippen molar-refractivity contribution in [3.63, 3.8) is 0 Å². The van der Waals surface area contributed by atoms with E-state index in [-0.39, 0.29) is 0 Å². The van der Waals surface area contributed by atoms with E-state index < -0.39 is 0 Å². The van der Waals surface area contributed by atoms with Gasteiger partial charge in [0.2, 0.25) is 0 Å². The maximum absolute atomic E-state index is 6.12. The number of nitrogen functional groups attached to an aromatic ring is 1. The molecular formula is C13H23N3. The summed E-state index contributed by atoms with van der Waals surface area (Å²) in [6, 6.07) is 0. The lowest BCUT2D eigenvalue weighted by molar-refractivity contribution is 0.637. The van der Waals surface area contributed by atoms with Gasteiger partial charge in [-0.05, 0) is 18.8 Å². The maximum Gasteiger partial charge on any atom is 0.127 e. The van der Waals surface area contributed by atoms with E-state index in [1.807, 2.05) is 6.08 Å². The van der Waals surface area contributed by atoms with Crippen molar-refractivity contribution in [2.45, 2.75) is 46.6 Å². The SMILES string of the molecule is C=CCn1c(CCC)nc(CC(C)C)c1N. The molecule has 0 saturated heterocycles. The average Bonchev–Trinajstić information content (AvgIpc) is 2.47. The lowest BCUT2D eigenvalue weighted by atomic mass is 10.1. The number of aryl methyl sites for hydroxylation is 1. The molecule has 0 atom stereocenters. The van der Waals surface area contributed by atoms with Crippen LogP contribution in [-0.4, -0.2) is 9.55 Å². The van der Waals surface area contributed by atoms with Gasteiger partial charge >= 0.3 is 0 Å². The molecule has 1 aromatic heterocycles. The van der Waals surface area contributed by atoms with Crippen LogP contribution in [0.4, 0.5) is 5.82 Å². The highest BCUT2D eigenvalue weighted by Crippen LogP contribution is 2.19. The standard InChI is InChI=1S/C13H23N3/c1-5-7-12-15-11(9-10(3)4)13(14)16(12)8-6-2/h6,10H,2,5,7-9,14H2,1,3-4H3. The van der Waals surface area contributed by atoms with Gasteiger partial charge in [0.25, 0.3) is 0 Å². The lowest BCUT2D eigenvalue weighted by Crippen LogP contribution is -2.06. The molecule has 3 nitrogen and oxygen atoms in total. The van der Waals surface area contributed by atoms with Gasteiger partial charge in [-0.25, -0.2) is 4.98 Å². The molecule has 2 N–H and O–H groups in total. The number of imidazole rings is 1. The van der Waals surface area contributed by atoms with Gasteiger partial charge in [-0.15, -0.1) is 6.58 Å². The number of allylic oxidation sites excluding steroid dienone is 1. The van der Waals surface area contributed by atoms with Crippen LogP contribution < -0.4 is 5.73 Å². The predicted octanol–water partition coefficient (Wildman–Crippen LogP) is 2.80. The molecule has 0 spiro atoms. The van der Waals surface area contributed by atoms with E-state index in [2.05, 4.69) is 36.9 Å². The van der Waals surface area contributed by atoms with E-state index >= 15 is 0 Å². The Morgan fingerprint density at radius 3 is 2.69 bits per heavy atom. The summed E-state index contributed by atoms with van der Waals surface area (Å²) in [6.45, 7) is 11.1. The number of rotatable bonds is 6. The van der Waals surface area contributed by atoms with Crippen molar-refractivity contribution in [1.29, 1.82) is 0 Å². The Morgan fingerprint density at radius 1 is 1.50 bits per heavy atom. The number of hydrogen-bond acceptors (Lipinski definition) is 2. The molecule has 0 aliphatic heterocycles. The van der Waals surface area contributed by atoms with Crippen molar-refractivity contribution in [3.8, 4) is 0 Å². The van der Waals surface area contributed by atoms with Crippen molar-refractivity contribution in [3.05, 3.63) is 24.2 Å². The highest BCUT2D eigenvalue weighted by Gasteiger charge is 2.13. The van der Waals surface area contributed by atoms with Gasteiger partial charge in [-0.1, -0.05) is 26.8 Å². The van der Waals surface area contributed by atoms with Crippen molar-refractivity contribution >= 4 is 5.82 Å². The van der Waals surface area contributed by atoms with Gasteiger partial charge in [0.15, 0.2) is 0 Å². The van der Waals surface area contributed by atoms with Crippen molar-refractivity contribution in [2.75, 3.05) is 5.73 Å². The zero-order chi connectivity index (χ0) is 12.1. The molecule has 0 fully saturated rings. The summed E-state index contributed by atoms with van der Waals surface area (Å²) >= 11 is 0. The normalized spacial score (nSPS) is 11.0. The van der Waals surface area contributed by atoms with E-state index in [0.717, 1.165) is 43.1 Å². The molecule has 0 aliphatic rings. The summed E-state index contributed by atoms with van der Waals surface area (Å²) in [5, 5.41) is 0. The zero-order valence-corrected chi connectivity index (χ0v) is 10.7. The van der Waals surface area contributed by atoms with Gasteiger partial charge in [0.05, 0.1) is 5.69 Å². The second-order valence-electron chi connectivity index (χ2n) is 4.61. The molecule has 0 unspecified atom stereocenters. The van der Waals surface area contributed by atoms with Crippen LogP contribution in [0.3, 0.4) is 0 Å². The molecule has 16 heavy (non-hydrogen) atoms. The Morgan fingerprint density at radius 2 is 2.19 bits per heavy atom. The fraction of sp³-hybridized carbons (Fsp3) is 0.615. The number of hydrogen-bond donors (Lipinski definition) is 1. The highest BCUT2D eigenvalue weighted by atomic mass is 15.1.